The van der Waals surface area contributed by atoms with Gasteiger partial charge in [0.05, 0.1) is 18.6 Å². The van der Waals surface area contributed by atoms with Crippen LogP contribution in [-0.2, 0) is 49.3 Å². The minimum Gasteiger partial charge on any atom is -0.444 e. The van der Waals surface area contributed by atoms with Gasteiger partial charge in [-0.05, 0) is 50.5 Å². The predicted octanol–water partition coefficient (Wildman–Crippen LogP) is 3.57. The Balaban J connectivity index is 2.17. The molecule has 1 aliphatic heterocycles. The van der Waals surface area contributed by atoms with Crippen LogP contribution in [0.3, 0.4) is 0 Å². The summed E-state index contributed by atoms with van der Waals surface area (Å²) >= 11 is 0. The Hall–Kier alpha value is -3.79. The molecule has 1 aromatic carbocycles. The van der Waals surface area contributed by atoms with Gasteiger partial charge in [-0.1, -0.05) is 78.3 Å². The number of ether oxygens (including phenoxy) is 5. The second kappa shape index (κ2) is 23.0. The molecule has 0 bridgehead atoms. The van der Waals surface area contributed by atoms with Crippen molar-refractivity contribution >= 4 is 29.7 Å². The van der Waals surface area contributed by atoms with Gasteiger partial charge in [-0.2, -0.15) is 0 Å². The summed E-state index contributed by atoms with van der Waals surface area (Å²) in [4.78, 5) is 70.6. The maximum absolute atomic E-state index is 14.3. The van der Waals surface area contributed by atoms with E-state index in [0.29, 0.717) is 19.4 Å². The van der Waals surface area contributed by atoms with Crippen LogP contribution in [0.1, 0.15) is 80.7 Å². The van der Waals surface area contributed by atoms with E-state index in [4.69, 9.17) is 23.7 Å². The Morgan fingerprint density at radius 2 is 1.47 bits per heavy atom. The fourth-order valence-corrected chi connectivity index (χ4v) is 7.26. The number of carbonyl (C=O) groups excluding carboxylic acids is 5. The summed E-state index contributed by atoms with van der Waals surface area (Å²) in [6.07, 6.45) is -3.05. The largest absolute Gasteiger partial charge is 0.444 e. The van der Waals surface area contributed by atoms with E-state index in [1.54, 1.807) is 32.7 Å². The van der Waals surface area contributed by atoms with Crippen molar-refractivity contribution in [2.45, 2.75) is 136 Å². The summed E-state index contributed by atoms with van der Waals surface area (Å²) in [5, 5.41) is 8.76. The summed E-state index contributed by atoms with van der Waals surface area (Å²) in [6, 6.07) is 7.44. The molecule has 1 saturated heterocycles. The number of benzene rings is 1. The van der Waals surface area contributed by atoms with Gasteiger partial charge >= 0.3 is 6.09 Å². The Kier molecular flexibility index (Phi) is 19.9. The number of likely N-dealkylation sites (N-methyl/N-ethyl adjacent to an activating group) is 2. The summed E-state index contributed by atoms with van der Waals surface area (Å²) in [5.74, 6) is -2.20. The van der Waals surface area contributed by atoms with E-state index in [9.17, 15) is 24.0 Å². The van der Waals surface area contributed by atoms with E-state index in [1.165, 1.54) is 33.3 Å². The standard InChI is InChI=1S/C42H71N5O10/c1-15-27(6)34(46(10)40(51)32(25(2)3)45-38(49)33(26(4)5)47(11)41(52)57-42(7,8)9)29(53-12)23-31(48)44-24-30-35(54-13)36(55-14)37(56-30)39(50)43-22-21-28-19-17-16-18-20-28/h16-20,25-27,29-30,32-37H,15,21-24H2,1-14H3,(H,43,50)(H,44,48)(H,45,49)/t27-,29+,30+,32-,33-,34-,35+,36-,37+/m0/s1. The van der Waals surface area contributed by atoms with E-state index < -0.39 is 66.2 Å². The first-order valence-corrected chi connectivity index (χ1v) is 20.1. The second-order valence-electron chi connectivity index (χ2n) is 16.6. The number of carbonyl (C=O) groups is 5. The van der Waals surface area contributed by atoms with Crippen LogP contribution < -0.4 is 16.0 Å². The highest BCUT2D eigenvalue weighted by atomic mass is 16.6. The lowest BCUT2D eigenvalue weighted by Gasteiger charge is -2.40. The van der Waals surface area contributed by atoms with Crippen molar-refractivity contribution in [3.8, 4) is 0 Å². The zero-order chi connectivity index (χ0) is 43.2. The highest BCUT2D eigenvalue weighted by molar-refractivity contribution is 5.91. The van der Waals surface area contributed by atoms with Gasteiger partial charge < -0.3 is 44.5 Å². The van der Waals surface area contributed by atoms with Crippen molar-refractivity contribution in [2.75, 3.05) is 48.5 Å². The Bertz CT molecular complexity index is 1440. The van der Waals surface area contributed by atoms with Crippen molar-refractivity contribution in [1.29, 1.82) is 0 Å². The van der Waals surface area contributed by atoms with E-state index in [1.807, 2.05) is 71.9 Å². The zero-order valence-corrected chi connectivity index (χ0v) is 36.8. The Labute approximate surface area is 340 Å². The number of methoxy groups -OCH3 is 3. The number of rotatable bonds is 21. The molecule has 1 aromatic rings. The molecule has 57 heavy (non-hydrogen) atoms. The average Bonchev–Trinajstić information content (AvgIpc) is 3.52. The molecule has 3 N–H and O–H groups in total. The molecule has 0 aliphatic carbocycles. The first-order chi connectivity index (χ1) is 26.7. The topological polar surface area (TPSA) is 174 Å². The van der Waals surface area contributed by atoms with Crippen LogP contribution >= 0.6 is 0 Å². The first kappa shape index (κ1) is 49.4. The average molecular weight is 806 g/mol. The summed E-state index contributed by atoms with van der Waals surface area (Å²) in [6.45, 7) is 17.0. The fourth-order valence-electron chi connectivity index (χ4n) is 7.26. The van der Waals surface area contributed by atoms with Crippen molar-refractivity contribution < 1.29 is 47.7 Å². The molecule has 15 nitrogen and oxygen atoms in total. The van der Waals surface area contributed by atoms with Crippen LogP contribution in [0.4, 0.5) is 4.79 Å². The molecule has 5 amide bonds. The molecule has 0 spiro atoms. The van der Waals surface area contributed by atoms with Gasteiger partial charge in [0.25, 0.3) is 5.91 Å². The van der Waals surface area contributed by atoms with Crippen LogP contribution in [0.5, 0.6) is 0 Å². The third kappa shape index (κ3) is 14.2. The highest BCUT2D eigenvalue weighted by Gasteiger charge is 2.49. The van der Waals surface area contributed by atoms with Crippen LogP contribution in [0.25, 0.3) is 0 Å². The van der Waals surface area contributed by atoms with E-state index in [2.05, 4.69) is 16.0 Å². The summed E-state index contributed by atoms with van der Waals surface area (Å²) in [5.41, 5.74) is 0.339. The summed E-state index contributed by atoms with van der Waals surface area (Å²) < 4.78 is 28.9. The normalized spacial score (nSPS) is 20.9. The fraction of sp³-hybridized carbons (Fsp3) is 0.738. The van der Waals surface area contributed by atoms with Gasteiger partial charge in [-0.3, -0.25) is 24.1 Å². The molecular formula is C42H71N5O10. The SMILES string of the molecule is CC[C@H](C)[C@@H]([C@@H](CC(=O)NC[C@H]1O[C@@H](C(=O)NCCc2ccccc2)[C@@H](OC)[C@@H]1OC)OC)N(C)C(=O)[C@@H](NC(=O)[C@H](C(C)C)N(C)C(=O)OC(C)(C)C)C(C)C. The third-order valence-corrected chi connectivity index (χ3v) is 10.5. The van der Waals surface area contributed by atoms with Gasteiger partial charge in [0, 0.05) is 48.5 Å². The van der Waals surface area contributed by atoms with Gasteiger partial charge in [-0.25, -0.2) is 4.79 Å². The third-order valence-electron chi connectivity index (χ3n) is 10.5. The smallest absolute Gasteiger partial charge is 0.410 e. The van der Waals surface area contributed by atoms with Crippen LogP contribution in [0.2, 0.25) is 0 Å². The number of nitrogens with one attached hydrogen (secondary N) is 3. The van der Waals surface area contributed by atoms with Crippen molar-refractivity contribution in [1.82, 2.24) is 25.8 Å². The lowest BCUT2D eigenvalue weighted by Crippen LogP contribution is -2.60. The molecule has 0 saturated carbocycles. The van der Waals surface area contributed by atoms with Gasteiger partial charge in [0.15, 0.2) is 6.10 Å². The van der Waals surface area contributed by atoms with E-state index in [0.717, 1.165) is 5.56 Å². The van der Waals surface area contributed by atoms with Crippen LogP contribution in [0, 0.1) is 17.8 Å². The van der Waals surface area contributed by atoms with E-state index >= 15 is 0 Å². The van der Waals surface area contributed by atoms with Crippen molar-refractivity contribution in [2.24, 2.45) is 17.8 Å². The minimum absolute atomic E-state index is 0.0421. The quantitative estimate of drug-likeness (QED) is 0.167. The van der Waals surface area contributed by atoms with Crippen molar-refractivity contribution in [3.63, 3.8) is 0 Å². The van der Waals surface area contributed by atoms with E-state index in [-0.39, 0.29) is 48.4 Å². The number of hydrogen-bond acceptors (Lipinski definition) is 10. The molecule has 0 unspecified atom stereocenters. The number of hydrogen-bond donors (Lipinski definition) is 3. The van der Waals surface area contributed by atoms with Crippen LogP contribution in [-0.4, -0.2) is 142 Å². The van der Waals surface area contributed by atoms with Crippen molar-refractivity contribution in [3.05, 3.63) is 35.9 Å². The maximum Gasteiger partial charge on any atom is 0.410 e. The number of nitrogens with zero attached hydrogens (tertiary/aromatic N) is 2. The molecule has 0 radical (unpaired) electrons. The van der Waals surface area contributed by atoms with Crippen LogP contribution in [0.15, 0.2) is 30.3 Å². The Morgan fingerprint density at radius 1 is 0.860 bits per heavy atom. The molecule has 1 aliphatic rings. The first-order valence-electron chi connectivity index (χ1n) is 20.1. The summed E-state index contributed by atoms with van der Waals surface area (Å²) in [7, 11) is 7.66. The zero-order valence-electron chi connectivity index (χ0n) is 36.8. The molecule has 15 heteroatoms. The lowest BCUT2D eigenvalue weighted by molar-refractivity contribution is -0.145. The maximum atomic E-state index is 14.3. The van der Waals surface area contributed by atoms with Gasteiger partial charge in [0.1, 0.15) is 36.0 Å². The minimum atomic E-state index is -0.943. The molecule has 324 valence electrons. The Morgan fingerprint density at radius 3 is 1.98 bits per heavy atom. The predicted molar refractivity (Wildman–Crippen MR) is 217 cm³/mol. The highest BCUT2D eigenvalue weighted by Crippen LogP contribution is 2.27. The number of amides is 5. The molecule has 9 atom stereocenters. The molecule has 1 fully saturated rings. The molecule has 2 rings (SSSR count). The molecule has 1 heterocycles. The monoisotopic (exact) mass is 806 g/mol. The second-order valence-corrected chi connectivity index (χ2v) is 16.6. The lowest BCUT2D eigenvalue weighted by atomic mass is 9.89. The molecular weight excluding hydrogens is 734 g/mol. The van der Waals surface area contributed by atoms with Gasteiger partial charge in [0.2, 0.25) is 17.7 Å². The molecule has 0 aromatic heterocycles. The van der Waals surface area contributed by atoms with Gasteiger partial charge in [-0.15, -0.1) is 0 Å².